The number of nitrogens with one attached hydrogen (secondary N) is 1. The molecular weight excluding hydrogens is 394 g/mol. The van der Waals surface area contributed by atoms with E-state index >= 15 is 0 Å². The fourth-order valence-electron chi connectivity index (χ4n) is 4.77. The summed E-state index contributed by atoms with van der Waals surface area (Å²) in [6, 6.07) is 25.6. The maximum absolute atomic E-state index is 5.03. The van der Waals surface area contributed by atoms with Crippen molar-refractivity contribution in [2.24, 2.45) is 0 Å². The van der Waals surface area contributed by atoms with Gasteiger partial charge >= 0.3 is 0 Å². The van der Waals surface area contributed by atoms with Crippen LogP contribution < -0.4 is 5.32 Å². The zero-order valence-corrected chi connectivity index (χ0v) is 18.9. The summed E-state index contributed by atoms with van der Waals surface area (Å²) in [5.41, 5.74) is 4.47. The Labute approximate surface area is 190 Å². The van der Waals surface area contributed by atoms with Gasteiger partial charge in [0.2, 0.25) is 0 Å². The van der Waals surface area contributed by atoms with E-state index in [1.165, 1.54) is 10.8 Å². The summed E-state index contributed by atoms with van der Waals surface area (Å²) in [7, 11) is 2.23. The quantitative estimate of drug-likeness (QED) is 0.504. The molecule has 0 radical (unpaired) electrons. The third-order valence-corrected chi connectivity index (χ3v) is 6.70. The lowest BCUT2D eigenvalue weighted by Crippen LogP contribution is -2.52. The van der Waals surface area contributed by atoms with Crippen molar-refractivity contribution in [3.05, 3.63) is 84.2 Å². The van der Waals surface area contributed by atoms with Crippen molar-refractivity contribution in [2.45, 2.75) is 13.1 Å². The van der Waals surface area contributed by atoms with Gasteiger partial charge in [-0.3, -0.25) is 4.90 Å². The van der Waals surface area contributed by atoms with Gasteiger partial charge in [0.1, 0.15) is 13.1 Å². The molecule has 0 spiro atoms. The highest BCUT2D eigenvalue weighted by atomic mass is 15.4. The van der Waals surface area contributed by atoms with Crippen LogP contribution >= 0.6 is 0 Å². The van der Waals surface area contributed by atoms with E-state index in [1.807, 2.05) is 0 Å². The molecule has 4 aromatic rings. The largest absolute Gasteiger partial charge is 0.311 e. The lowest BCUT2D eigenvalue weighted by atomic mass is 10.1. The van der Waals surface area contributed by atoms with Crippen LogP contribution in [0.2, 0.25) is 0 Å². The van der Waals surface area contributed by atoms with Gasteiger partial charge in [0.25, 0.3) is 0 Å². The van der Waals surface area contributed by atoms with E-state index in [2.05, 4.69) is 90.1 Å². The molecule has 0 unspecified atom stereocenters. The molecule has 2 aromatic carbocycles. The Morgan fingerprint density at radius 1 is 0.719 bits per heavy atom. The molecule has 0 aliphatic carbocycles. The number of pyridine rings is 2. The van der Waals surface area contributed by atoms with Gasteiger partial charge in [-0.05, 0) is 31.3 Å². The molecule has 0 bridgehead atoms. The average molecular weight is 427 g/mol. The predicted octanol–water partition coefficient (Wildman–Crippen LogP) is 3.84. The molecular formula is C27H32N5+. The third kappa shape index (κ3) is 4.80. The van der Waals surface area contributed by atoms with Crippen molar-refractivity contribution < 1.29 is 4.48 Å². The number of para-hydroxylation sites is 2. The number of aromatic nitrogens is 2. The van der Waals surface area contributed by atoms with Crippen LogP contribution in [0.25, 0.3) is 21.8 Å². The SMILES string of the molecule is CN1CCNCC[N+](Cc2ccc3ccccc3n2)(Cc2ccc3ccccc3n2)CC1. The minimum Gasteiger partial charge on any atom is -0.311 e. The fourth-order valence-corrected chi connectivity index (χ4v) is 4.77. The van der Waals surface area contributed by atoms with Gasteiger partial charge < -0.3 is 9.80 Å². The maximum atomic E-state index is 5.03. The minimum atomic E-state index is 0.912. The standard InChI is InChI=1S/C27H32N5/c1-31-16-14-28-15-18-32(19-17-31,20-24-12-10-22-6-2-4-8-26(22)29-24)21-25-13-11-23-7-3-5-9-27(23)30-25/h2-13,28H,14-21H2,1H3/q+1. The van der Waals surface area contributed by atoms with Gasteiger partial charge in [0, 0.05) is 37.0 Å². The molecule has 3 heterocycles. The summed E-state index contributed by atoms with van der Waals surface area (Å²) in [6.07, 6.45) is 0. The molecule has 1 saturated heterocycles. The van der Waals surface area contributed by atoms with E-state index in [0.717, 1.165) is 79.3 Å². The molecule has 5 nitrogen and oxygen atoms in total. The van der Waals surface area contributed by atoms with Crippen LogP contribution in [0.5, 0.6) is 0 Å². The maximum Gasteiger partial charge on any atom is 0.122 e. The number of nitrogens with zero attached hydrogens (tertiary/aromatic N) is 4. The highest BCUT2D eigenvalue weighted by molar-refractivity contribution is 5.79. The molecule has 1 fully saturated rings. The summed E-state index contributed by atoms with van der Waals surface area (Å²) in [4.78, 5) is 12.5. The van der Waals surface area contributed by atoms with Crippen molar-refractivity contribution >= 4 is 21.8 Å². The van der Waals surface area contributed by atoms with Crippen LogP contribution in [0, 0.1) is 0 Å². The Kier molecular flexibility index (Phi) is 6.12. The topological polar surface area (TPSA) is 41.0 Å². The second-order valence-corrected chi connectivity index (χ2v) is 9.15. The molecule has 32 heavy (non-hydrogen) atoms. The minimum absolute atomic E-state index is 0.912. The molecule has 0 atom stereocenters. The Bertz CT molecular complexity index is 1120. The number of fused-ring (bicyclic) bond motifs is 2. The zero-order chi connectivity index (χ0) is 21.8. The summed E-state index contributed by atoms with van der Waals surface area (Å²) in [6.45, 7) is 8.18. The lowest BCUT2D eigenvalue weighted by molar-refractivity contribution is -0.952. The smallest absolute Gasteiger partial charge is 0.122 e. The Hall–Kier alpha value is -2.86. The number of benzene rings is 2. The average Bonchev–Trinajstić information content (AvgIpc) is 2.90. The molecule has 1 N–H and O–H groups in total. The van der Waals surface area contributed by atoms with Crippen LogP contribution in [0.3, 0.4) is 0 Å². The molecule has 0 amide bonds. The van der Waals surface area contributed by atoms with Crippen molar-refractivity contribution in [3.63, 3.8) is 0 Å². The Morgan fingerprint density at radius 2 is 1.31 bits per heavy atom. The van der Waals surface area contributed by atoms with E-state index in [0.29, 0.717) is 0 Å². The number of hydrogen-bond donors (Lipinski definition) is 1. The molecule has 2 aromatic heterocycles. The number of likely N-dealkylation sites (N-methyl/N-ethyl adjacent to an activating group) is 1. The summed E-state index contributed by atoms with van der Waals surface area (Å²) in [5, 5.41) is 6.04. The Morgan fingerprint density at radius 3 is 1.94 bits per heavy atom. The van der Waals surface area contributed by atoms with E-state index in [9.17, 15) is 0 Å². The highest BCUT2D eigenvalue weighted by Crippen LogP contribution is 2.22. The number of hydrogen-bond acceptors (Lipinski definition) is 4. The van der Waals surface area contributed by atoms with Gasteiger partial charge in [-0.2, -0.15) is 0 Å². The van der Waals surface area contributed by atoms with Crippen molar-refractivity contribution in [2.75, 3.05) is 46.3 Å². The third-order valence-electron chi connectivity index (χ3n) is 6.70. The molecule has 0 saturated carbocycles. The first-order valence-electron chi connectivity index (χ1n) is 11.6. The lowest BCUT2D eigenvalue weighted by Gasteiger charge is -2.39. The van der Waals surface area contributed by atoms with Crippen LogP contribution in [-0.4, -0.2) is 65.7 Å². The molecule has 5 heteroatoms. The molecule has 1 aliphatic heterocycles. The van der Waals surface area contributed by atoms with E-state index in [4.69, 9.17) is 9.97 Å². The van der Waals surface area contributed by atoms with E-state index in [1.54, 1.807) is 0 Å². The highest BCUT2D eigenvalue weighted by Gasteiger charge is 2.30. The van der Waals surface area contributed by atoms with Gasteiger partial charge in [0.15, 0.2) is 0 Å². The molecule has 164 valence electrons. The van der Waals surface area contributed by atoms with Crippen molar-refractivity contribution in [1.82, 2.24) is 20.2 Å². The van der Waals surface area contributed by atoms with Crippen molar-refractivity contribution in [1.29, 1.82) is 0 Å². The Balaban J connectivity index is 1.50. The van der Waals surface area contributed by atoms with E-state index < -0.39 is 0 Å². The number of rotatable bonds is 4. The van der Waals surface area contributed by atoms with Gasteiger partial charge in [-0.25, -0.2) is 9.97 Å². The van der Waals surface area contributed by atoms with Crippen molar-refractivity contribution in [3.8, 4) is 0 Å². The molecule has 1 aliphatic rings. The summed E-state index contributed by atoms with van der Waals surface area (Å²) in [5.74, 6) is 0. The van der Waals surface area contributed by atoms with Crippen LogP contribution in [0.15, 0.2) is 72.8 Å². The predicted molar refractivity (Wildman–Crippen MR) is 131 cm³/mol. The van der Waals surface area contributed by atoms with Crippen LogP contribution in [-0.2, 0) is 13.1 Å². The van der Waals surface area contributed by atoms with Gasteiger partial charge in [0.05, 0.1) is 35.5 Å². The van der Waals surface area contributed by atoms with Gasteiger partial charge in [-0.1, -0.05) is 48.5 Å². The van der Waals surface area contributed by atoms with Gasteiger partial charge in [-0.15, -0.1) is 0 Å². The van der Waals surface area contributed by atoms with Crippen LogP contribution in [0.1, 0.15) is 11.4 Å². The van der Waals surface area contributed by atoms with Crippen LogP contribution in [0.4, 0.5) is 0 Å². The monoisotopic (exact) mass is 426 g/mol. The summed E-state index contributed by atoms with van der Waals surface area (Å²) < 4.78 is 0.952. The first kappa shape index (κ1) is 21.0. The second kappa shape index (κ2) is 9.33. The van der Waals surface area contributed by atoms with E-state index in [-0.39, 0.29) is 0 Å². The first-order valence-corrected chi connectivity index (χ1v) is 11.6. The summed E-state index contributed by atoms with van der Waals surface area (Å²) >= 11 is 0. The zero-order valence-electron chi connectivity index (χ0n) is 18.9. The molecule has 5 rings (SSSR count). The normalized spacial score (nSPS) is 17.7. The second-order valence-electron chi connectivity index (χ2n) is 9.15. The number of quaternary nitrogens is 1. The first-order chi connectivity index (χ1) is 15.7. The fraction of sp³-hybridized carbons (Fsp3) is 0.333.